The lowest BCUT2D eigenvalue weighted by Crippen LogP contribution is -2.30. The van der Waals surface area contributed by atoms with Crippen LogP contribution in [0, 0.1) is 0 Å². The Morgan fingerprint density at radius 2 is 1.96 bits per heavy atom. The quantitative estimate of drug-likeness (QED) is 0.902. The summed E-state index contributed by atoms with van der Waals surface area (Å²) in [6, 6.07) is 13.6. The molecule has 1 aliphatic rings. The molecule has 1 amide bonds. The van der Waals surface area contributed by atoms with E-state index in [4.69, 9.17) is 11.6 Å². The number of carbonyl (C=O) groups excluding carboxylic acids is 1. The molecule has 122 valence electrons. The molecule has 0 aromatic heterocycles. The van der Waals surface area contributed by atoms with E-state index in [0.29, 0.717) is 18.1 Å². The van der Waals surface area contributed by atoms with Gasteiger partial charge in [-0.05, 0) is 47.9 Å². The zero-order chi connectivity index (χ0) is 15.5. The van der Waals surface area contributed by atoms with Crippen LogP contribution in [0.2, 0.25) is 5.02 Å². The van der Waals surface area contributed by atoms with Crippen molar-refractivity contribution in [2.75, 3.05) is 6.54 Å². The molecule has 0 aliphatic carbocycles. The van der Waals surface area contributed by atoms with Gasteiger partial charge in [-0.1, -0.05) is 29.8 Å². The van der Waals surface area contributed by atoms with E-state index in [1.165, 1.54) is 11.1 Å². The van der Waals surface area contributed by atoms with Crippen molar-refractivity contribution in [1.82, 2.24) is 10.2 Å². The highest BCUT2D eigenvalue weighted by Gasteiger charge is 2.18. The molecule has 0 fully saturated rings. The van der Waals surface area contributed by atoms with E-state index in [-0.39, 0.29) is 18.3 Å². The predicted octanol–water partition coefficient (Wildman–Crippen LogP) is 4.03. The van der Waals surface area contributed by atoms with Crippen LogP contribution in [-0.4, -0.2) is 17.4 Å². The van der Waals surface area contributed by atoms with Gasteiger partial charge in [-0.2, -0.15) is 0 Å². The number of hydrogen-bond donors (Lipinski definition) is 1. The Hall–Kier alpha value is -1.55. The summed E-state index contributed by atoms with van der Waals surface area (Å²) in [6.07, 6.45) is 0. The molecule has 0 unspecified atom stereocenters. The monoisotopic (exact) mass is 350 g/mol. The molecule has 3 nitrogen and oxygen atoms in total. The average molecular weight is 351 g/mol. The molecule has 0 spiro atoms. The summed E-state index contributed by atoms with van der Waals surface area (Å²) >= 11 is 6.02. The molecule has 2 aromatic carbocycles. The highest BCUT2D eigenvalue weighted by atomic mass is 35.5. The van der Waals surface area contributed by atoms with Crippen LogP contribution in [-0.2, 0) is 19.6 Å². The number of halogens is 2. The van der Waals surface area contributed by atoms with E-state index >= 15 is 0 Å². The summed E-state index contributed by atoms with van der Waals surface area (Å²) in [4.78, 5) is 14.6. The van der Waals surface area contributed by atoms with Crippen molar-refractivity contribution in [1.29, 1.82) is 0 Å². The molecule has 1 N–H and O–H groups in total. The van der Waals surface area contributed by atoms with E-state index in [1.807, 2.05) is 48.2 Å². The molecule has 1 aliphatic heterocycles. The molecule has 2 aromatic rings. The summed E-state index contributed by atoms with van der Waals surface area (Å²) < 4.78 is 0. The largest absolute Gasteiger partial charge is 0.335 e. The molecule has 0 saturated heterocycles. The average Bonchev–Trinajstić information content (AvgIpc) is 2.99. The molecule has 0 saturated carbocycles. The normalized spacial score (nSPS) is 12.4. The summed E-state index contributed by atoms with van der Waals surface area (Å²) in [5, 5.41) is 4.00. The number of carbonyl (C=O) groups is 1. The van der Waals surface area contributed by atoms with Gasteiger partial charge in [0.25, 0.3) is 5.91 Å². The van der Waals surface area contributed by atoms with Crippen LogP contribution in [0.15, 0.2) is 42.5 Å². The number of nitrogens with zero attached hydrogens (tertiary/aromatic N) is 1. The van der Waals surface area contributed by atoms with Crippen LogP contribution >= 0.6 is 24.0 Å². The highest BCUT2D eigenvalue weighted by Crippen LogP contribution is 2.19. The third-order valence-corrected chi connectivity index (χ3v) is 4.25. The summed E-state index contributed by atoms with van der Waals surface area (Å²) in [6.45, 7) is 4.98. The Balaban J connectivity index is 0.00000192. The maximum absolute atomic E-state index is 12.7. The Morgan fingerprint density at radius 3 is 2.70 bits per heavy atom. The second-order valence-electron chi connectivity index (χ2n) is 5.54. The van der Waals surface area contributed by atoms with Crippen molar-refractivity contribution in [3.05, 3.63) is 69.7 Å². The molecule has 0 atom stereocenters. The van der Waals surface area contributed by atoms with Crippen LogP contribution in [0.25, 0.3) is 0 Å². The van der Waals surface area contributed by atoms with Crippen LogP contribution in [0.5, 0.6) is 0 Å². The maximum atomic E-state index is 12.7. The van der Waals surface area contributed by atoms with Gasteiger partial charge in [0.1, 0.15) is 0 Å². The molecule has 1 heterocycles. The lowest BCUT2D eigenvalue weighted by molar-refractivity contribution is 0.0752. The molecule has 5 heteroatoms. The molecule has 0 radical (unpaired) electrons. The van der Waals surface area contributed by atoms with Crippen molar-refractivity contribution in [2.45, 2.75) is 26.6 Å². The van der Waals surface area contributed by atoms with Gasteiger partial charge in [-0.25, -0.2) is 0 Å². The Kier molecular flexibility index (Phi) is 6.05. The number of rotatable bonds is 4. The van der Waals surface area contributed by atoms with E-state index in [0.717, 1.165) is 24.2 Å². The fraction of sp³-hybridized carbons (Fsp3) is 0.278. The van der Waals surface area contributed by atoms with Crippen LogP contribution in [0.3, 0.4) is 0 Å². The summed E-state index contributed by atoms with van der Waals surface area (Å²) in [5.74, 6) is 0.0668. The number of nitrogens with one attached hydrogen (secondary N) is 1. The third-order valence-electron chi connectivity index (χ3n) is 4.02. The standard InChI is InChI=1S/C18H19ClN2O.ClH/c1-2-21(12-13-4-3-5-17(19)8-13)18(22)14-6-7-15-10-20-11-16(15)9-14;/h3-9,20H,2,10-12H2,1H3;1H. The predicted molar refractivity (Wildman–Crippen MR) is 96.1 cm³/mol. The van der Waals surface area contributed by atoms with Crippen LogP contribution in [0.4, 0.5) is 0 Å². The first kappa shape index (κ1) is 17.8. The highest BCUT2D eigenvalue weighted by molar-refractivity contribution is 6.30. The van der Waals surface area contributed by atoms with Gasteiger partial charge in [-0.3, -0.25) is 4.79 Å². The van der Waals surface area contributed by atoms with Crippen molar-refractivity contribution < 1.29 is 4.79 Å². The lowest BCUT2D eigenvalue weighted by atomic mass is 10.1. The topological polar surface area (TPSA) is 32.3 Å². The van der Waals surface area contributed by atoms with Gasteiger partial charge >= 0.3 is 0 Å². The van der Waals surface area contributed by atoms with Crippen molar-refractivity contribution in [3.63, 3.8) is 0 Å². The first-order valence-electron chi connectivity index (χ1n) is 7.53. The van der Waals surface area contributed by atoms with Gasteiger partial charge in [0, 0.05) is 36.8 Å². The van der Waals surface area contributed by atoms with E-state index in [9.17, 15) is 4.79 Å². The minimum absolute atomic E-state index is 0. The fourth-order valence-corrected chi connectivity index (χ4v) is 3.01. The minimum Gasteiger partial charge on any atom is -0.335 e. The maximum Gasteiger partial charge on any atom is 0.254 e. The van der Waals surface area contributed by atoms with Gasteiger partial charge in [-0.15, -0.1) is 12.4 Å². The second-order valence-corrected chi connectivity index (χ2v) is 5.97. The Labute approximate surface area is 148 Å². The number of amides is 1. The Morgan fingerprint density at radius 1 is 1.17 bits per heavy atom. The van der Waals surface area contributed by atoms with Crippen LogP contribution in [0.1, 0.15) is 34.0 Å². The summed E-state index contributed by atoms with van der Waals surface area (Å²) in [5.41, 5.74) is 4.32. The van der Waals surface area contributed by atoms with Crippen molar-refractivity contribution in [3.8, 4) is 0 Å². The number of benzene rings is 2. The zero-order valence-corrected chi connectivity index (χ0v) is 14.6. The molecular formula is C18H20Cl2N2O. The molecule has 0 bridgehead atoms. The second kappa shape index (κ2) is 7.82. The fourth-order valence-electron chi connectivity index (χ4n) is 2.79. The van der Waals surface area contributed by atoms with Crippen molar-refractivity contribution >= 4 is 29.9 Å². The number of fused-ring (bicyclic) bond motifs is 1. The molecule has 3 rings (SSSR count). The first-order valence-corrected chi connectivity index (χ1v) is 7.91. The zero-order valence-electron chi connectivity index (χ0n) is 13.0. The van der Waals surface area contributed by atoms with E-state index in [2.05, 4.69) is 11.4 Å². The van der Waals surface area contributed by atoms with Gasteiger partial charge in [0.15, 0.2) is 0 Å². The molecule has 23 heavy (non-hydrogen) atoms. The van der Waals surface area contributed by atoms with Gasteiger partial charge < -0.3 is 10.2 Å². The van der Waals surface area contributed by atoms with E-state index < -0.39 is 0 Å². The van der Waals surface area contributed by atoms with E-state index in [1.54, 1.807) is 0 Å². The van der Waals surface area contributed by atoms with Crippen LogP contribution < -0.4 is 5.32 Å². The Bertz CT molecular complexity index is 703. The number of hydrogen-bond acceptors (Lipinski definition) is 2. The molecular weight excluding hydrogens is 331 g/mol. The van der Waals surface area contributed by atoms with Gasteiger partial charge in [0.2, 0.25) is 0 Å². The van der Waals surface area contributed by atoms with Crippen molar-refractivity contribution in [2.24, 2.45) is 0 Å². The van der Waals surface area contributed by atoms with Gasteiger partial charge in [0.05, 0.1) is 0 Å². The first-order chi connectivity index (χ1) is 10.7. The summed E-state index contributed by atoms with van der Waals surface area (Å²) in [7, 11) is 0. The SMILES string of the molecule is CCN(Cc1cccc(Cl)c1)C(=O)c1ccc2c(c1)CNC2.Cl. The third kappa shape index (κ3) is 4.05. The minimum atomic E-state index is 0. The lowest BCUT2D eigenvalue weighted by Gasteiger charge is -2.21. The smallest absolute Gasteiger partial charge is 0.254 e.